The van der Waals surface area contributed by atoms with Gasteiger partial charge >= 0.3 is 0 Å². The molecule has 0 aliphatic carbocycles. The lowest BCUT2D eigenvalue weighted by Gasteiger charge is -2.20. The summed E-state index contributed by atoms with van der Waals surface area (Å²) in [5.74, 6) is 1.40. The van der Waals surface area contributed by atoms with Gasteiger partial charge in [-0.15, -0.1) is 0 Å². The van der Waals surface area contributed by atoms with Crippen LogP contribution < -0.4 is 10.1 Å². The molecule has 0 spiro atoms. The summed E-state index contributed by atoms with van der Waals surface area (Å²) in [5.41, 5.74) is 2.33. The van der Waals surface area contributed by atoms with Gasteiger partial charge in [-0.2, -0.15) is 0 Å². The monoisotopic (exact) mass is 251 g/mol. The zero-order valence-electron chi connectivity index (χ0n) is 11.9. The Bertz CT molecular complexity index is 343. The SMILES string of the molecule is Cc1cccc(C)c1OCCN[C@H](CO)C(C)C. The van der Waals surface area contributed by atoms with Crippen LogP contribution in [-0.2, 0) is 0 Å². The lowest BCUT2D eigenvalue weighted by molar-refractivity contribution is 0.201. The maximum absolute atomic E-state index is 9.20. The highest BCUT2D eigenvalue weighted by molar-refractivity contribution is 5.39. The zero-order chi connectivity index (χ0) is 13.5. The lowest BCUT2D eigenvalue weighted by Crippen LogP contribution is -2.39. The first kappa shape index (κ1) is 15.0. The second-order valence-electron chi connectivity index (χ2n) is 5.06. The van der Waals surface area contributed by atoms with Gasteiger partial charge in [-0.3, -0.25) is 0 Å². The van der Waals surface area contributed by atoms with Gasteiger partial charge in [0.25, 0.3) is 0 Å². The van der Waals surface area contributed by atoms with Gasteiger partial charge in [0.15, 0.2) is 0 Å². The normalized spacial score (nSPS) is 12.8. The highest BCUT2D eigenvalue weighted by Gasteiger charge is 2.10. The molecule has 1 aromatic rings. The Labute approximate surface area is 110 Å². The molecule has 1 rings (SSSR count). The van der Waals surface area contributed by atoms with Crippen molar-refractivity contribution in [3.8, 4) is 5.75 Å². The van der Waals surface area contributed by atoms with E-state index in [1.807, 2.05) is 6.07 Å². The van der Waals surface area contributed by atoms with Crippen LogP contribution in [0.5, 0.6) is 5.75 Å². The number of ether oxygens (including phenoxy) is 1. The third-order valence-electron chi connectivity index (χ3n) is 3.17. The molecule has 3 heteroatoms. The minimum atomic E-state index is 0.145. The van der Waals surface area contributed by atoms with Crippen LogP contribution in [0.2, 0.25) is 0 Å². The minimum absolute atomic E-state index is 0.145. The Morgan fingerprint density at radius 1 is 1.22 bits per heavy atom. The van der Waals surface area contributed by atoms with E-state index in [1.54, 1.807) is 0 Å². The molecule has 0 saturated heterocycles. The first-order chi connectivity index (χ1) is 8.56. The first-order valence-corrected chi connectivity index (χ1v) is 6.59. The maximum Gasteiger partial charge on any atom is 0.125 e. The van der Waals surface area contributed by atoms with Crippen molar-refractivity contribution in [1.29, 1.82) is 0 Å². The van der Waals surface area contributed by atoms with E-state index < -0.39 is 0 Å². The first-order valence-electron chi connectivity index (χ1n) is 6.59. The molecule has 0 heterocycles. The van der Waals surface area contributed by atoms with Crippen LogP contribution in [-0.4, -0.2) is 30.9 Å². The molecule has 0 saturated carbocycles. The van der Waals surface area contributed by atoms with Crippen molar-refractivity contribution in [2.45, 2.75) is 33.7 Å². The molecule has 0 unspecified atom stereocenters. The maximum atomic E-state index is 9.20. The molecule has 0 radical (unpaired) electrons. The molecule has 0 bridgehead atoms. The van der Waals surface area contributed by atoms with Gasteiger partial charge in [0.05, 0.1) is 6.61 Å². The molecule has 1 aromatic carbocycles. The van der Waals surface area contributed by atoms with Crippen LogP contribution in [0.3, 0.4) is 0 Å². The molecular formula is C15H25NO2. The van der Waals surface area contributed by atoms with Crippen LogP contribution in [0.15, 0.2) is 18.2 Å². The Morgan fingerprint density at radius 3 is 2.33 bits per heavy atom. The number of aryl methyl sites for hydroxylation is 2. The van der Waals surface area contributed by atoms with E-state index in [0.29, 0.717) is 12.5 Å². The Kier molecular flexibility index (Phi) is 6.16. The summed E-state index contributed by atoms with van der Waals surface area (Å²) in [7, 11) is 0. The van der Waals surface area contributed by atoms with Crippen LogP contribution in [0.1, 0.15) is 25.0 Å². The van der Waals surface area contributed by atoms with Gasteiger partial charge in [0, 0.05) is 12.6 Å². The van der Waals surface area contributed by atoms with Gasteiger partial charge in [-0.25, -0.2) is 0 Å². The largest absolute Gasteiger partial charge is 0.492 e. The lowest BCUT2D eigenvalue weighted by atomic mass is 10.1. The quantitative estimate of drug-likeness (QED) is 0.731. The van der Waals surface area contributed by atoms with Crippen molar-refractivity contribution in [3.05, 3.63) is 29.3 Å². The fraction of sp³-hybridized carbons (Fsp3) is 0.600. The Balaban J connectivity index is 2.38. The van der Waals surface area contributed by atoms with Gasteiger partial charge in [0.2, 0.25) is 0 Å². The van der Waals surface area contributed by atoms with Gasteiger partial charge in [-0.05, 0) is 30.9 Å². The molecule has 1 atom stereocenters. The summed E-state index contributed by atoms with van der Waals surface area (Å²) in [4.78, 5) is 0. The van der Waals surface area contributed by atoms with Crippen molar-refractivity contribution in [2.24, 2.45) is 5.92 Å². The number of hydrogen-bond acceptors (Lipinski definition) is 3. The van der Waals surface area contributed by atoms with Crippen molar-refractivity contribution in [1.82, 2.24) is 5.32 Å². The molecule has 0 aliphatic heterocycles. The summed E-state index contributed by atoms with van der Waals surface area (Å²) in [6.45, 7) is 9.84. The van der Waals surface area contributed by atoms with Crippen LogP contribution in [0, 0.1) is 19.8 Å². The topological polar surface area (TPSA) is 41.5 Å². The summed E-state index contributed by atoms with van der Waals surface area (Å²) in [5, 5.41) is 12.5. The summed E-state index contributed by atoms with van der Waals surface area (Å²) < 4.78 is 5.80. The Hall–Kier alpha value is -1.06. The predicted octanol–water partition coefficient (Wildman–Crippen LogP) is 2.29. The minimum Gasteiger partial charge on any atom is -0.492 e. The van der Waals surface area contributed by atoms with Gasteiger partial charge in [-0.1, -0.05) is 32.0 Å². The molecule has 3 nitrogen and oxygen atoms in total. The zero-order valence-corrected chi connectivity index (χ0v) is 11.9. The molecule has 18 heavy (non-hydrogen) atoms. The fourth-order valence-corrected chi connectivity index (χ4v) is 1.94. The van der Waals surface area contributed by atoms with E-state index in [9.17, 15) is 5.11 Å². The van der Waals surface area contributed by atoms with Crippen LogP contribution in [0.4, 0.5) is 0 Å². The van der Waals surface area contributed by atoms with Crippen molar-refractivity contribution < 1.29 is 9.84 Å². The number of hydrogen-bond donors (Lipinski definition) is 2. The molecule has 2 N–H and O–H groups in total. The molecule has 0 aliphatic rings. The van der Waals surface area contributed by atoms with Gasteiger partial charge < -0.3 is 15.2 Å². The smallest absolute Gasteiger partial charge is 0.125 e. The third kappa shape index (κ3) is 4.31. The van der Waals surface area contributed by atoms with E-state index in [1.165, 1.54) is 0 Å². The average molecular weight is 251 g/mol. The summed E-state index contributed by atoms with van der Waals surface area (Å²) >= 11 is 0. The second kappa shape index (κ2) is 7.39. The predicted molar refractivity (Wildman–Crippen MR) is 75.1 cm³/mol. The standard InChI is InChI=1S/C15H25NO2/c1-11(2)14(10-17)16-8-9-18-15-12(3)6-5-7-13(15)4/h5-7,11,14,16-17H,8-10H2,1-4H3/t14-/m1/s1. The number of benzene rings is 1. The number of nitrogens with one attached hydrogen (secondary N) is 1. The fourth-order valence-electron chi connectivity index (χ4n) is 1.94. The van der Waals surface area contributed by atoms with Gasteiger partial charge in [0.1, 0.15) is 12.4 Å². The van der Waals surface area contributed by atoms with E-state index in [-0.39, 0.29) is 12.6 Å². The highest BCUT2D eigenvalue weighted by Crippen LogP contribution is 2.21. The van der Waals surface area contributed by atoms with Crippen LogP contribution >= 0.6 is 0 Å². The molecular weight excluding hydrogens is 226 g/mol. The summed E-state index contributed by atoms with van der Waals surface area (Å²) in [6, 6.07) is 6.29. The van der Waals surface area contributed by atoms with E-state index in [2.05, 4.69) is 45.1 Å². The van der Waals surface area contributed by atoms with Crippen molar-refractivity contribution >= 4 is 0 Å². The average Bonchev–Trinajstić information content (AvgIpc) is 2.31. The second-order valence-corrected chi connectivity index (χ2v) is 5.06. The number of para-hydroxylation sites is 1. The van der Waals surface area contributed by atoms with E-state index >= 15 is 0 Å². The number of aliphatic hydroxyl groups excluding tert-OH is 1. The van der Waals surface area contributed by atoms with Crippen LogP contribution in [0.25, 0.3) is 0 Å². The van der Waals surface area contributed by atoms with Crippen molar-refractivity contribution in [3.63, 3.8) is 0 Å². The number of aliphatic hydroxyl groups is 1. The van der Waals surface area contributed by atoms with E-state index in [0.717, 1.165) is 23.4 Å². The molecule has 0 fully saturated rings. The third-order valence-corrected chi connectivity index (χ3v) is 3.17. The molecule has 0 aromatic heterocycles. The number of rotatable bonds is 7. The summed E-state index contributed by atoms with van der Waals surface area (Å²) in [6.07, 6.45) is 0. The molecule has 102 valence electrons. The Morgan fingerprint density at radius 2 is 1.83 bits per heavy atom. The highest BCUT2D eigenvalue weighted by atomic mass is 16.5. The van der Waals surface area contributed by atoms with E-state index in [4.69, 9.17) is 4.74 Å². The molecule has 0 amide bonds. The van der Waals surface area contributed by atoms with Crippen molar-refractivity contribution in [2.75, 3.05) is 19.8 Å².